The largest absolute Gasteiger partial charge is 0.478 e. The molecular formula is C14H23N3O2. The van der Waals surface area contributed by atoms with Crippen molar-refractivity contribution in [3.8, 4) is 5.88 Å². The summed E-state index contributed by atoms with van der Waals surface area (Å²) >= 11 is 0. The van der Waals surface area contributed by atoms with E-state index in [0.29, 0.717) is 12.5 Å². The van der Waals surface area contributed by atoms with Gasteiger partial charge in [-0.25, -0.2) is 9.97 Å². The van der Waals surface area contributed by atoms with Gasteiger partial charge in [0.2, 0.25) is 5.88 Å². The number of nitrogens with zero attached hydrogens (tertiary/aromatic N) is 2. The molecule has 1 heterocycles. The van der Waals surface area contributed by atoms with Crippen LogP contribution in [0.1, 0.15) is 39.5 Å². The molecule has 5 nitrogen and oxygen atoms in total. The number of aromatic nitrogens is 2. The van der Waals surface area contributed by atoms with Crippen molar-refractivity contribution in [2.24, 2.45) is 5.41 Å². The van der Waals surface area contributed by atoms with Crippen LogP contribution < -0.4 is 10.1 Å². The molecule has 2 N–H and O–H groups in total. The lowest BCUT2D eigenvalue weighted by Gasteiger charge is -2.38. The molecule has 0 bridgehead atoms. The Kier molecular flexibility index (Phi) is 4.58. The second-order valence-corrected chi connectivity index (χ2v) is 5.44. The van der Waals surface area contributed by atoms with Gasteiger partial charge in [0.15, 0.2) is 0 Å². The van der Waals surface area contributed by atoms with Crippen LogP contribution in [0.25, 0.3) is 0 Å². The average molecular weight is 265 g/mol. The highest BCUT2D eigenvalue weighted by atomic mass is 16.5. The highest BCUT2D eigenvalue weighted by Gasteiger charge is 2.35. The molecule has 0 saturated heterocycles. The van der Waals surface area contributed by atoms with Gasteiger partial charge in [0.1, 0.15) is 12.1 Å². The summed E-state index contributed by atoms with van der Waals surface area (Å²) in [6.07, 6.45) is 5.51. The summed E-state index contributed by atoms with van der Waals surface area (Å²) in [7, 11) is 0. The monoisotopic (exact) mass is 265 g/mol. The minimum Gasteiger partial charge on any atom is -0.478 e. The van der Waals surface area contributed by atoms with Gasteiger partial charge in [-0.3, -0.25) is 0 Å². The molecule has 1 aromatic heterocycles. The molecule has 0 amide bonds. The molecular weight excluding hydrogens is 242 g/mol. The van der Waals surface area contributed by atoms with Gasteiger partial charge >= 0.3 is 0 Å². The van der Waals surface area contributed by atoms with E-state index in [0.717, 1.165) is 31.6 Å². The molecule has 0 aliphatic heterocycles. The van der Waals surface area contributed by atoms with E-state index < -0.39 is 0 Å². The number of aliphatic hydroxyl groups excluding tert-OH is 1. The average Bonchev–Trinajstić information content (AvgIpc) is 2.41. The van der Waals surface area contributed by atoms with Gasteiger partial charge in [-0.05, 0) is 19.8 Å². The lowest BCUT2D eigenvalue weighted by Crippen LogP contribution is -2.41. The molecule has 1 aliphatic carbocycles. The van der Waals surface area contributed by atoms with Crippen molar-refractivity contribution in [1.82, 2.24) is 9.97 Å². The zero-order valence-corrected chi connectivity index (χ0v) is 11.7. The maximum absolute atomic E-state index is 10.1. The molecule has 1 fully saturated rings. The van der Waals surface area contributed by atoms with Crippen LogP contribution in [-0.4, -0.2) is 34.3 Å². The lowest BCUT2D eigenvalue weighted by atomic mass is 9.73. The maximum Gasteiger partial charge on any atom is 0.218 e. The number of aliphatic hydroxyl groups is 1. The van der Waals surface area contributed by atoms with E-state index in [1.165, 1.54) is 12.7 Å². The summed E-state index contributed by atoms with van der Waals surface area (Å²) in [5, 5.41) is 13.4. The molecule has 19 heavy (non-hydrogen) atoms. The van der Waals surface area contributed by atoms with Crippen molar-refractivity contribution in [2.75, 3.05) is 18.5 Å². The highest BCUT2D eigenvalue weighted by molar-refractivity contribution is 5.37. The minimum absolute atomic E-state index is 0.0744. The number of anilines is 1. The number of hydrogen-bond donors (Lipinski definition) is 2. The van der Waals surface area contributed by atoms with Gasteiger partial charge in [0.05, 0.1) is 12.7 Å². The normalized spacial score (nSPS) is 27.0. The lowest BCUT2D eigenvalue weighted by molar-refractivity contribution is 0.00958. The highest BCUT2D eigenvalue weighted by Crippen LogP contribution is 2.36. The Morgan fingerprint density at radius 1 is 1.47 bits per heavy atom. The van der Waals surface area contributed by atoms with Crippen molar-refractivity contribution in [3.05, 3.63) is 12.4 Å². The second kappa shape index (κ2) is 6.19. The van der Waals surface area contributed by atoms with Crippen LogP contribution in [0, 0.1) is 5.41 Å². The summed E-state index contributed by atoms with van der Waals surface area (Å²) in [6, 6.07) is 1.79. The summed E-state index contributed by atoms with van der Waals surface area (Å²) in [4.78, 5) is 8.21. The number of ether oxygens (including phenoxy) is 1. The summed E-state index contributed by atoms with van der Waals surface area (Å²) in [5.74, 6) is 1.33. The van der Waals surface area contributed by atoms with Crippen LogP contribution in [0.3, 0.4) is 0 Å². The second-order valence-electron chi connectivity index (χ2n) is 5.44. The molecule has 5 heteroatoms. The third-order valence-electron chi connectivity index (χ3n) is 3.89. The summed E-state index contributed by atoms with van der Waals surface area (Å²) < 4.78 is 5.34. The van der Waals surface area contributed by atoms with E-state index in [2.05, 4.69) is 22.2 Å². The Balaban J connectivity index is 1.95. The van der Waals surface area contributed by atoms with Gasteiger partial charge in [-0.2, -0.15) is 0 Å². The molecule has 1 saturated carbocycles. The Labute approximate surface area is 114 Å². The minimum atomic E-state index is -0.234. The molecule has 0 aromatic carbocycles. The fourth-order valence-corrected chi connectivity index (χ4v) is 2.54. The molecule has 1 aromatic rings. The first kappa shape index (κ1) is 14.1. The number of nitrogens with one attached hydrogen (secondary N) is 1. The van der Waals surface area contributed by atoms with Crippen LogP contribution in [-0.2, 0) is 0 Å². The Morgan fingerprint density at radius 2 is 2.32 bits per heavy atom. The van der Waals surface area contributed by atoms with Crippen molar-refractivity contribution in [2.45, 2.75) is 45.6 Å². The third-order valence-corrected chi connectivity index (χ3v) is 3.89. The number of rotatable bonds is 5. The summed E-state index contributed by atoms with van der Waals surface area (Å²) in [6.45, 7) is 5.37. The predicted octanol–water partition coefficient (Wildman–Crippen LogP) is 2.23. The Morgan fingerprint density at radius 3 is 3.05 bits per heavy atom. The quantitative estimate of drug-likeness (QED) is 0.854. The third kappa shape index (κ3) is 3.56. The number of hydrogen-bond acceptors (Lipinski definition) is 5. The fraction of sp³-hybridized carbons (Fsp3) is 0.714. The fourth-order valence-electron chi connectivity index (χ4n) is 2.54. The van der Waals surface area contributed by atoms with Gasteiger partial charge in [0.25, 0.3) is 0 Å². The van der Waals surface area contributed by atoms with Crippen molar-refractivity contribution >= 4 is 5.82 Å². The van der Waals surface area contributed by atoms with Crippen LogP contribution >= 0.6 is 0 Å². The van der Waals surface area contributed by atoms with Crippen molar-refractivity contribution in [3.63, 3.8) is 0 Å². The van der Waals surface area contributed by atoms with Crippen LogP contribution in [0.5, 0.6) is 5.88 Å². The maximum atomic E-state index is 10.1. The van der Waals surface area contributed by atoms with Crippen molar-refractivity contribution < 1.29 is 9.84 Å². The molecule has 0 radical (unpaired) electrons. The zero-order chi connectivity index (χ0) is 13.7. The van der Waals surface area contributed by atoms with E-state index in [1.807, 2.05) is 6.92 Å². The Hall–Kier alpha value is -1.36. The van der Waals surface area contributed by atoms with E-state index >= 15 is 0 Å². The zero-order valence-electron chi connectivity index (χ0n) is 11.7. The van der Waals surface area contributed by atoms with Gasteiger partial charge in [0, 0.05) is 18.0 Å². The Bertz CT molecular complexity index is 413. The molecule has 2 rings (SSSR count). The van der Waals surface area contributed by atoms with Crippen LogP contribution in [0.2, 0.25) is 0 Å². The molecule has 106 valence electrons. The SMILES string of the molecule is CCOc1cc(NCC2(C)CCCCC2O)ncn1. The van der Waals surface area contributed by atoms with Crippen LogP contribution in [0.15, 0.2) is 12.4 Å². The van der Waals surface area contributed by atoms with Gasteiger partial charge < -0.3 is 15.2 Å². The molecule has 0 spiro atoms. The van der Waals surface area contributed by atoms with E-state index in [1.54, 1.807) is 6.07 Å². The van der Waals surface area contributed by atoms with Gasteiger partial charge in [-0.1, -0.05) is 19.8 Å². The first-order chi connectivity index (χ1) is 9.14. The predicted molar refractivity (Wildman–Crippen MR) is 74.3 cm³/mol. The first-order valence-electron chi connectivity index (χ1n) is 7.01. The topological polar surface area (TPSA) is 67.3 Å². The van der Waals surface area contributed by atoms with Gasteiger partial charge in [-0.15, -0.1) is 0 Å². The van der Waals surface area contributed by atoms with Crippen LogP contribution in [0.4, 0.5) is 5.82 Å². The summed E-state index contributed by atoms with van der Waals surface area (Å²) in [5.41, 5.74) is -0.0744. The first-order valence-corrected chi connectivity index (χ1v) is 7.01. The molecule has 2 unspecified atom stereocenters. The smallest absolute Gasteiger partial charge is 0.218 e. The van der Waals surface area contributed by atoms with E-state index in [4.69, 9.17) is 4.74 Å². The van der Waals surface area contributed by atoms with E-state index in [9.17, 15) is 5.11 Å². The standard InChI is InChI=1S/C14H23N3O2/c1-3-19-13-8-12(16-10-17-13)15-9-14(2)7-5-4-6-11(14)18/h8,10-11,18H,3-7,9H2,1-2H3,(H,15,16,17). The van der Waals surface area contributed by atoms with Crippen molar-refractivity contribution in [1.29, 1.82) is 0 Å². The molecule has 1 aliphatic rings. The molecule has 2 atom stereocenters. The van der Waals surface area contributed by atoms with E-state index in [-0.39, 0.29) is 11.5 Å².